The van der Waals surface area contributed by atoms with Gasteiger partial charge in [-0.2, -0.15) is 12.6 Å². The van der Waals surface area contributed by atoms with E-state index >= 15 is 0 Å². The van der Waals surface area contributed by atoms with E-state index in [1.165, 1.54) is 0 Å². The second-order valence-electron chi connectivity index (χ2n) is 5.76. The van der Waals surface area contributed by atoms with Crippen molar-refractivity contribution in [2.75, 3.05) is 6.54 Å². The molecule has 0 spiro atoms. The van der Waals surface area contributed by atoms with Crippen LogP contribution in [0, 0.1) is 5.92 Å². The van der Waals surface area contributed by atoms with Gasteiger partial charge in [0.25, 0.3) is 0 Å². The van der Waals surface area contributed by atoms with Crippen molar-refractivity contribution < 1.29 is 9.21 Å². The van der Waals surface area contributed by atoms with Gasteiger partial charge in [0.15, 0.2) is 0 Å². The molecule has 21 heavy (non-hydrogen) atoms. The van der Waals surface area contributed by atoms with Gasteiger partial charge in [0.2, 0.25) is 0 Å². The highest BCUT2D eigenvalue weighted by atomic mass is 32.1. The minimum absolute atomic E-state index is 0.0714. The molecule has 0 amide bonds. The summed E-state index contributed by atoms with van der Waals surface area (Å²) in [5.41, 5.74) is 1.88. The van der Waals surface area contributed by atoms with Gasteiger partial charge in [0, 0.05) is 36.1 Å². The summed E-state index contributed by atoms with van der Waals surface area (Å²) < 4.78 is 5.86. The maximum atomic E-state index is 11.8. The Morgan fingerprint density at radius 3 is 2.71 bits per heavy atom. The number of hydrogen-bond acceptors (Lipinski definition) is 4. The summed E-state index contributed by atoms with van der Waals surface area (Å²) in [6, 6.07) is 8.08. The zero-order chi connectivity index (χ0) is 15.4. The van der Waals surface area contributed by atoms with Crippen LogP contribution in [-0.4, -0.2) is 17.7 Å². The molecular weight excluding hydrogens is 282 g/mol. The third-order valence-corrected chi connectivity index (χ3v) is 3.65. The molecule has 0 bridgehead atoms. The van der Waals surface area contributed by atoms with E-state index in [0.29, 0.717) is 6.42 Å². The zero-order valence-corrected chi connectivity index (χ0v) is 13.7. The molecule has 0 aliphatic rings. The van der Waals surface area contributed by atoms with E-state index in [-0.39, 0.29) is 17.1 Å². The van der Waals surface area contributed by atoms with Gasteiger partial charge in [0.05, 0.1) is 0 Å². The first kappa shape index (κ1) is 16.1. The van der Waals surface area contributed by atoms with E-state index in [0.717, 1.165) is 35.3 Å². The first-order valence-electron chi connectivity index (χ1n) is 7.41. The molecule has 1 aromatic carbocycles. The van der Waals surface area contributed by atoms with Crippen LogP contribution in [-0.2, 0) is 17.6 Å². The fraction of sp³-hybridized carbons (Fsp3) is 0.471. The van der Waals surface area contributed by atoms with Gasteiger partial charge in [-0.25, -0.2) is 0 Å². The van der Waals surface area contributed by atoms with Crippen molar-refractivity contribution in [3.05, 3.63) is 35.6 Å². The maximum Gasteiger partial charge on any atom is 0.139 e. The molecule has 1 aromatic heterocycles. The van der Waals surface area contributed by atoms with Crippen LogP contribution < -0.4 is 5.32 Å². The van der Waals surface area contributed by atoms with Crippen molar-refractivity contribution >= 4 is 29.4 Å². The van der Waals surface area contributed by atoms with E-state index < -0.39 is 0 Å². The lowest BCUT2D eigenvalue weighted by Gasteiger charge is -2.04. The van der Waals surface area contributed by atoms with Crippen LogP contribution in [0.3, 0.4) is 0 Å². The molecule has 2 aromatic rings. The molecule has 0 radical (unpaired) electrons. The molecule has 1 N–H and O–H groups in total. The molecule has 1 heterocycles. The Labute approximate surface area is 131 Å². The molecular formula is C17H23NO2S. The Hall–Kier alpha value is -1.26. The Kier molecular flexibility index (Phi) is 5.48. The SMILES string of the molecule is CC(S)NCCc1cc2ccc(CC(=O)C(C)C)cc2o1. The molecule has 4 heteroatoms. The number of benzene rings is 1. The average Bonchev–Trinajstić information content (AvgIpc) is 2.80. The largest absolute Gasteiger partial charge is 0.461 e. The molecule has 1 unspecified atom stereocenters. The molecule has 1 atom stereocenters. The number of Topliss-reactive ketones (excluding diaryl/α,β-unsaturated/α-hetero) is 1. The summed E-state index contributed by atoms with van der Waals surface area (Å²) in [6.07, 6.45) is 1.31. The molecule has 0 saturated heterocycles. The van der Waals surface area contributed by atoms with Crippen molar-refractivity contribution in [3.8, 4) is 0 Å². The van der Waals surface area contributed by atoms with Gasteiger partial charge >= 0.3 is 0 Å². The predicted octanol–water partition coefficient (Wildman–Crippen LogP) is 3.61. The van der Waals surface area contributed by atoms with Crippen molar-refractivity contribution in [1.29, 1.82) is 0 Å². The second kappa shape index (κ2) is 7.14. The molecule has 0 fully saturated rings. The highest BCUT2D eigenvalue weighted by Gasteiger charge is 2.10. The van der Waals surface area contributed by atoms with Crippen LogP contribution >= 0.6 is 12.6 Å². The number of carbonyl (C=O) groups is 1. The van der Waals surface area contributed by atoms with Crippen molar-refractivity contribution in [3.63, 3.8) is 0 Å². The number of carbonyl (C=O) groups excluding carboxylic acids is 1. The molecule has 0 aliphatic heterocycles. The number of nitrogens with one attached hydrogen (secondary N) is 1. The topological polar surface area (TPSA) is 42.2 Å². The monoisotopic (exact) mass is 305 g/mol. The average molecular weight is 305 g/mol. The molecule has 2 rings (SSSR count). The number of rotatable bonds is 7. The lowest BCUT2D eigenvalue weighted by molar-refractivity contribution is -0.121. The van der Waals surface area contributed by atoms with Crippen LogP contribution in [0.25, 0.3) is 11.0 Å². The standard InChI is InChI=1S/C17H23NO2S/c1-11(2)16(19)8-13-4-5-14-10-15(20-17(14)9-13)6-7-18-12(3)21/h4-5,9-12,18,21H,6-8H2,1-3H3. The van der Waals surface area contributed by atoms with E-state index in [1.54, 1.807) is 0 Å². The van der Waals surface area contributed by atoms with Gasteiger partial charge in [0.1, 0.15) is 17.1 Å². The van der Waals surface area contributed by atoms with Gasteiger partial charge in [-0.1, -0.05) is 26.0 Å². The van der Waals surface area contributed by atoms with Gasteiger partial charge < -0.3 is 9.73 Å². The highest BCUT2D eigenvalue weighted by molar-refractivity contribution is 7.80. The Morgan fingerprint density at radius 2 is 2.05 bits per heavy atom. The lowest BCUT2D eigenvalue weighted by atomic mass is 10.0. The predicted molar refractivity (Wildman–Crippen MR) is 89.9 cm³/mol. The number of fused-ring (bicyclic) bond motifs is 1. The summed E-state index contributed by atoms with van der Waals surface area (Å²) in [5, 5.41) is 4.52. The lowest BCUT2D eigenvalue weighted by Crippen LogP contribution is -2.22. The first-order chi connectivity index (χ1) is 9.95. The van der Waals surface area contributed by atoms with Crippen molar-refractivity contribution in [2.45, 2.75) is 39.0 Å². The number of thiol groups is 1. The van der Waals surface area contributed by atoms with Crippen LogP contribution in [0.1, 0.15) is 32.1 Å². The summed E-state index contributed by atoms with van der Waals surface area (Å²) in [5.74, 6) is 1.29. The third kappa shape index (κ3) is 4.61. The van der Waals surface area contributed by atoms with E-state index in [2.05, 4.69) is 24.0 Å². The number of ketones is 1. The van der Waals surface area contributed by atoms with Crippen LogP contribution in [0.15, 0.2) is 28.7 Å². The van der Waals surface area contributed by atoms with Gasteiger partial charge in [-0.3, -0.25) is 4.79 Å². The first-order valence-corrected chi connectivity index (χ1v) is 7.93. The van der Waals surface area contributed by atoms with Crippen molar-refractivity contribution in [2.24, 2.45) is 5.92 Å². The quantitative estimate of drug-likeness (QED) is 0.606. The number of hydrogen-bond donors (Lipinski definition) is 2. The zero-order valence-electron chi connectivity index (χ0n) is 12.8. The minimum atomic E-state index is 0.0714. The van der Waals surface area contributed by atoms with Crippen LogP contribution in [0.4, 0.5) is 0 Å². The van der Waals surface area contributed by atoms with Crippen LogP contribution in [0.2, 0.25) is 0 Å². The Balaban J connectivity index is 2.07. The van der Waals surface area contributed by atoms with E-state index in [1.807, 2.05) is 39.0 Å². The van der Waals surface area contributed by atoms with Crippen molar-refractivity contribution in [1.82, 2.24) is 5.32 Å². The Bertz CT molecular complexity index is 616. The fourth-order valence-corrected chi connectivity index (χ4v) is 2.30. The third-order valence-electron chi connectivity index (χ3n) is 3.47. The molecule has 0 aliphatic carbocycles. The smallest absolute Gasteiger partial charge is 0.139 e. The van der Waals surface area contributed by atoms with E-state index in [4.69, 9.17) is 4.42 Å². The minimum Gasteiger partial charge on any atom is -0.461 e. The molecule has 0 saturated carbocycles. The van der Waals surface area contributed by atoms with Crippen LogP contribution in [0.5, 0.6) is 0 Å². The Morgan fingerprint density at radius 1 is 1.29 bits per heavy atom. The normalized spacial score (nSPS) is 13.0. The van der Waals surface area contributed by atoms with Gasteiger partial charge in [-0.05, 0) is 24.6 Å². The summed E-state index contributed by atoms with van der Waals surface area (Å²) in [7, 11) is 0. The maximum absolute atomic E-state index is 11.8. The summed E-state index contributed by atoms with van der Waals surface area (Å²) in [6.45, 7) is 6.70. The van der Waals surface area contributed by atoms with Gasteiger partial charge in [-0.15, -0.1) is 0 Å². The molecule has 114 valence electrons. The summed E-state index contributed by atoms with van der Waals surface area (Å²) >= 11 is 4.28. The fourth-order valence-electron chi connectivity index (χ4n) is 2.17. The summed E-state index contributed by atoms with van der Waals surface area (Å²) in [4.78, 5) is 11.8. The van der Waals surface area contributed by atoms with E-state index in [9.17, 15) is 4.79 Å². The molecule has 3 nitrogen and oxygen atoms in total. The number of furan rings is 1. The second-order valence-corrected chi connectivity index (χ2v) is 6.54. The highest BCUT2D eigenvalue weighted by Crippen LogP contribution is 2.22.